The van der Waals surface area contributed by atoms with Crippen molar-refractivity contribution in [3.05, 3.63) is 57.3 Å². The van der Waals surface area contributed by atoms with E-state index in [2.05, 4.69) is 26.2 Å². The van der Waals surface area contributed by atoms with E-state index in [1.807, 2.05) is 58.8 Å². The molecule has 4 rings (SSSR count). The van der Waals surface area contributed by atoms with Crippen LogP contribution in [-0.4, -0.2) is 15.5 Å². The average Bonchev–Trinajstić information content (AvgIpc) is 3.26. The van der Waals surface area contributed by atoms with Crippen molar-refractivity contribution in [1.82, 2.24) is 9.55 Å². The molecule has 0 saturated carbocycles. The van der Waals surface area contributed by atoms with Crippen LogP contribution in [0.2, 0.25) is 0 Å². The number of rotatable bonds is 3. The van der Waals surface area contributed by atoms with Crippen LogP contribution in [0.4, 0.5) is 5.13 Å². The number of anilines is 1. The van der Waals surface area contributed by atoms with Crippen molar-refractivity contribution in [3.63, 3.8) is 0 Å². The standard InChI is InChI=1S/C17H12BrN3OS2/c1-21-13-6-7-23-15(13)8-14(21)16(22)20-17-19-12(9-24-17)10-2-4-11(18)5-3-10/h2-9H,1H3,(H,19,20,22). The lowest BCUT2D eigenvalue weighted by Crippen LogP contribution is -2.15. The van der Waals surface area contributed by atoms with Crippen LogP contribution in [0.5, 0.6) is 0 Å². The first-order chi connectivity index (χ1) is 11.6. The van der Waals surface area contributed by atoms with Gasteiger partial charge >= 0.3 is 0 Å². The van der Waals surface area contributed by atoms with Crippen molar-refractivity contribution in [2.45, 2.75) is 0 Å². The zero-order valence-corrected chi connectivity index (χ0v) is 15.8. The molecule has 1 N–H and O–H groups in total. The zero-order chi connectivity index (χ0) is 16.7. The number of fused-ring (bicyclic) bond motifs is 1. The van der Waals surface area contributed by atoms with Gasteiger partial charge in [-0.15, -0.1) is 22.7 Å². The van der Waals surface area contributed by atoms with Gasteiger partial charge in [0.15, 0.2) is 5.13 Å². The Morgan fingerprint density at radius 1 is 1.21 bits per heavy atom. The summed E-state index contributed by atoms with van der Waals surface area (Å²) in [6, 6.07) is 11.9. The normalized spacial score (nSPS) is 11.1. The van der Waals surface area contributed by atoms with Gasteiger partial charge in [-0.25, -0.2) is 4.98 Å². The fourth-order valence-corrected chi connectivity index (χ4v) is 4.34. The fourth-order valence-electron chi connectivity index (χ4n) is 2.51. The summed E-state index contributed by atoms with van der Waals surface area (Å²) < 4.78 is 4.04. The Morgan fingerprint density at radius 3 is 2.75 bits per heavy atom. The molecule has 4 nitrogen and oxygen atoms in total. The summed E-state index contributed by atoms with van der Waals surface area (Å²) in [7, 11) is 1.90. The highest BCUT2D eigenvalue weighted by Crippen LogP contribution is 2.28. The summed E-state index contributed by atoms with van der Waals surface area (Å²) in [5.74, 6) is -0.141. The summed E-state index contributed by atoms with van der Waals surface area (Å²) in [4.78, 5) is 17.0. The van der Waals surface area contributed by atoms with Gasteiger partial charge in [0.2, 0.25) is 0 Å². The second kappa shape index (κ2) is 6.16. The summed E-state index contributed by atoms with van der Waals surface area (Å²) in [5, 5.41) is 7.47. The topological polar surface area (TPSA) is 46.9 Å². The minimum absolute atomic E-state index is 0.141. The Hall–Kier alpha value is -1.96. The van der Waals surface area contributed by atoms with Crippen molar-refractivity contribution >= 4 is 59.9 Å². The lowest BCUT2D eigenvalue weighted by atomic mass is 10.2. The molecule has 0 atom stereocenters. The number of thiazole rings is 1. The molecule has 24 heavy (non-hydrogen) atoms. The molecule has 1 amide bonds. The van der Waals surface area contributed by atoms with Gasteiger partial charge in [0.25, 0.3) is 5.91 Å². The number of nitrogens with one attached hydrogen (secondary N) is 1. The minimum atomic E-state index is -0.141. The van der Waals surface area contributed by atoms with Gasteiger partial charge in [0, 0.05) is 22.5 Å². The van der Waals surface area contributed by atoms with E-state index >= 15 is 0 Å². The van der Waals surface area contributed by atoms with E-state index in [0.717, 1.165) is 25.9 Å². The maximum absolute atomic E-state index is 12.5. The Labute approximate surface area is 154 Å². The van der Waals surface area contributed by atoms with E-state index in [1.54, 1.807) is 11.3 Å². The maximum Gasteiger partial charge on any atom is 0.274 e. The highest BCUT2D eigenvalue weighted by Gasteiger charge is 2.15. The number of hydrogen-bond donors (Lipinski definition) is 1. The van der Waals surface area contributed by atoms with E-state index in [1.165, 1.54) is 11.3 Å². The van der Waals surface area contributed by atoms with E-state index in [9.17, 15) is 4.79 Å². The van der Waals surface area contributed by atoms with Crippen LogP contribution in [-0.2, 0) is 7.05 Å². The number of amides is 1. The Kier molecular flexibility index (Phi) is 3.99. The molecule has 0 aliphatic heterocycles. The molecule has 3 heterocycles. The van der Waals surface area contributed by atoms with Crippen molar-refractivity contribution in [2.75, 3.05) is 5.32 Å². The van der Waals surface area contributed by atoms with Gasteiger partial charge in [-0.3, -0.25) is 10.1 Å². The molecule has 4 aromatic rings. The van der Waals surface area contributed by atoms with Crippen molar-refractivity contribution in [3.8, 4) is 11.3 Å². The number of aryl methyl sites for hydroxylation is 1. The third-order valence-electron chi connectivity index (χ3n) is 3.76. The summed E-state index contributed by atoms with van der Waals surface area (Å²) in [6.07, 6.45) is 0. The third kappa shape index (κ3) is 2.79. The van der Waals surface area contributed by atoms with Gasteiger partial charge in [-0.05, 0) is 29.6 Å². The van der Waals surface area contributed by atoms with Gasteiger partial charge in [0.05, 0.1) is 15.9 Å². The van der Waals surface area contributed by atoms with Crippen LogP contribution in [0.3, 0.4) is 0 Å². The predicted molar refractivity (Wildman–Crippen MR) is 104 cm³/mol. The molecule has 0 spiro atoms. The first-order valence-corrected chi connectivity index (χ1v) is 9.73. The average molecular weight is 418 g/mol. The smallest absolute Gasteiger partial charge is 0.274 e. The van der Waals surface area contributed by atoms with Crippen molar-refractivity contribution in [1.29, 1.82) is 0 Å². The fraction of sp³-hybridized carbons (Fsp3) is 0.0588. The molecular formula is C17H12BrN3OS2. The third-order valence-corrected chi connectivity index (χ3v) is 5.90. The lowest BCUT2D eigenvalue weighted by Gasteiger charge is -2.03. The van der Waals surface area contributed by atoms with E-state index in [4.69, 9.17) is 0 Å². The molecule has 7 heteroatoms. The molecule has 0 fully saturated rings. The highest BCUT2D eigenvalue weighted by atomic mass is 79.9. The molecule has 0 radical (unpaired) electrons. The molecule has 0 unspecified atom stereocenters. The molecule has 120 valence electrons. The first kappa shape index (κ1) is 15.6. The zero-order valence-electron chi connectivity index (χ0n) is 12.6. The van der Waals surface area contributed by atoms with Crippen LogP contribution in [0.25, 0.3) is 21.5 Å². The second-order valence-corrected chi connectivity index (χ2v) is 7.98. The number of carbonyl (C=O) groups is 1. The molecule has 0 aliphatic rings. The molecule has 3 aromatic heterocycles. The number of carbonyl (C=O) groups excluding carboxylic acids is 1. The Balaban J connectivity index is 1.57. The lowest BCUT2D eigenvalue weighted by molar-refractivity contribution is 0.102. The second-order valence-electron chi connectivity index (χ2n) is 5.26. The van der Waals surface area contributed by atoms with E-state index in [-0.39, 0.29) is 5.91 Å². The summed E-state index contributed by atoms with van der Waals surface area (Å²) in [6.45, 7) is 0. The maximum atomic E-state index is 12.5. The first-order valence-electron chi connectivity index (χ1n) is 7.17. The quantitative estimate of drug-likeness (QED) is 0.486. The van der Waals surface area contributed by atoms with E-state index < -0.39 is 0 Å². The monoisotopic (exact) mass is 417 g/mol. The number of benzene rings is 1. The van der Waals surface area contributed by atoms with Gasteiger partial charge in [-0.2, -0.15) is 0 Å². The highest BCUT2D eigenvalue weighted by molar-refractivity contribution is 9.10. The van der Waals surface area contributed by atoms with Crippen LogP contribution < -0.4 is 5.32 Å². The molecular weight excluding hydrogens is 406 g/mol. The number of aromatic nitrogens is 2. The number of hydrogen-bond acceptors (Lipinski definition) is 4. The van der Waals surface area contributed by atoms with Gasteiger partial charge < -0.3 is 4.57 Å². The van der Waals surface area contributed by atoms with Crippen LogP contribution in [0.15, 0.2) is 51.6 Å². The van der Waals surface area contributed by atoms with Crippen LogP contribution >= 0.6 is 38.6 Å². The van der Waals surface area contributed by atoms with Crippen molar-refractivity contribution in [2.24, 2.45) is 7.05 Å². The Bertz CT molecular complexity index is 1030. The van der Waals surface area contributed by atoms with Gasteiger partial charge in [0.1, 0.15) is 5.69 Å². The van der Waals surface area contributed by atoms with Crippen molar-refractivity contribution < 1.29 is 4.79 Å². The molecule has 0 saturated heterocycles. The van der Waals surface area contributed by atoms with Crippen LogP contribution in [0, 0.1) is 0 Å². The Morgan fingerprint density at radius 2 is 2.00 bits per heavy atom. The molecule has 0 aliphatic carbocycles. The van der Waals surface area contributed by atoms with E-state index in [0.29, 0.717) is 10.8 Å². The summed E-state index contributed by atoms with van der Waals surface area (Å²) in [5.41, 5.74) is 3.59. The molecule has 1 aromatic carbocycles. The number of nitrogens with zero attached hydrogens (tertiary/aromatic N) is 2. The number of halogens is 1. The largest absolute Gasteiger partial charge is 0.339 e. The SMILES string of the molecule is Cn1c(C(=O)Nc2nc(-c3ccc(Br)cc3)cs2)cc2sccc21. The van der Waals surface area contributed by atoms with Crippen LogP contribution in [0.1, 0.15) is 10.5 Å². The predicted octanol–water partition coefficient (Wildman–Crippen LogP) is 5.38. The number of thiophene rings is 1. The molecule has 0 bridgehead atoms. The minimum Gasteiger partial charge on any atom is -0.339 e. The summed E-state index contributed by atoms with van der Waals surface area (Å²) >= 11 is 6.48. The van der Waals surface area contributed by atoms with Gasteiger partial charge in [-0.1, -0.05) is 28.1 Å².